The summed E-state index contributed by atoms with van der Waals surface area (Å²) in [7, 11) is 1.30. The molecule has 6 nitrogen and oxygen atoms in total. The van der Waals surface area contributed by atoms with Gasteiger partial charge in [-0.25, -0.2) is 4.79 Å². The molecule has 0 saturated carbocycles. The van der Waals surface area contributed by atoms with E-state index in [4.69, 9.17) is 16.3 Å². The maximum atomic E-state index is 12.0. The average Bonchev–Trinajstić information content (AvgIpc) is 2.55. The van der Waals surface area contributed by atoms with Crippen molar-refractivity contribution >= 4 is 29.2 Å². The number of hydrogen-bond donors (Lipinski definition) is 1. The zero-order valence-electron chi connectivity index (χ0n) is 12.4. The van der Waals surface area contributed by atoms with Gasteiger partial charge < -0.3 is 14.8 Å². The highest BCUT2D eigenvalue weighted by Gasteiger charge is 2.14. The summed E-state index contributed by atoms with van der Waals surface area (Å²) in [5, 5.41) is 3.11. The van der Waals surface area contributed by atoms with Gasteiger partial charge in [-0.3, -0.25) is 9.69 Å². The van der Waals surface area contributed by atoms with Gasteiger partial charge >= 0.3 is 5.97 Å². The highest BCUT2D eigenvalue weighted by atomic mass is 35.5. The van der Waals surface area contributed by atoms with E-state index in [1.54, 1.807) is 12.1 Å². The van der Waals surface area contributed by atoms with E-state index in [1.807, 2.05) is 0 Å². The number of anilines is 1. The Morgan fingerprint density at radius 3 is 2.77 bits per heavy atom. The van der Waals surface area contributed by atoms with E-state index in [0.717, 1.165) is 13.1 Å². The van der Waals surface area contributed by atoms with Crippen molar-refractivity contribution in [3.8, 4) is 0 Å². The maximum absolute atomic E-state index is 12.0. The molecule has 0 atom stereocenters. The highest BCUT2D eigenvalue weighted by Crippen LogP contribution is 2.23. The number of benzene rings is 1. The van der Waals surface area contributed by atoms with Gasteiger partial charge in [0.1, 0.15) is 0 Å². The largest absolute Gasteiger partial charge is 0.465 e. The number of rotatable bonds is 5. The lowest BCUT2D eigenvalue weighted by Gasteiger charge is -2.26. The number of amides is 1. The van der Waals surface area contributed by atoms with Gasteiger partial charge in [0.2, 0.25) is 5.91 Å². The minimum absolute atomic E-state index is 0.143. The van der Waals surface area contributed by atoms with E-state index in [2.05, 4.69) is 15.0 Å². The second-order valence-corrected chi connectivity index (χ2v) is 5.35. The van der Waals surface area contributed by atoms with Crippen molar-refractivity contribution in [3.63, 3.8) is 0 Å². The first-order valence-corrected chi connectivity index (χ1v) is 7.46. The van der Waals surface area contributed by atoms with Crippen molar-refractivity contribution in [3.05, 3.63) is 28.8 Å². The predicted molar refractivity (Wildman–Crippen MR) is 83.3 cm³/mol. The molecule has 1 amide bonds. The molecule has 1 aliphatic rings. The standard InChI is InChI=1S/C15H19ClN2O4/c1-21-15(20)11-2-3-12(16)13(10-11)17-14(19)4-5-18-6-8-22-9-7-18/h2-3,10H,4-9H2,1H3,(H,17,19). The van der Waals surface area contributed by atoms with Gasteiger partial charge in [-0.15, -0.1) is 0 Å². The molecule has 1 aliphatic heterocycles. The molecule has 0 aromatic heterocycles. The topological polar surface area (TPSA) is 67.9 Å². The third-order valence-electron chi connectivity index (χ3n) is 3.42. The van der Waals surface area contributed by atoms with Crippen LogP contribution in [-0.4, -0.2) is 56.7 Å². The van der Waals surface area contributed by atoms with Crippen molar-refractivity contribution in [1.29, 1.82) is 0 Å². The van der Waals surface area contributed by atoms with E-state index < -0.39 is 5.97 Å². The van der Waals surface area contributed by atoms with Crippen LogP contribution in [0.4, 0.5) is 5.69 Å². The van der Waals surface area contributed by atoms with Crippen molar-refractivity contribution in [2.24, 2.45) is 0 Å². The fourth-order valence-corrected chi connectivity index (χ4v) is 2.33. The van der Waals surface area contributed by atoms with Crippen molar-refractivity contribution in [2.75, 3.05) is 45.3 Å². The molecule has 1 N–H and O–H groups in total. The number of carbonyl (C=O) groups excluding carboxylic acids is 2. The summed E-state index contributed by atoms with van der Waals surface area (Å²) in [6.07, 6.45) is 0.360. The zero-order chi connectivity index (χ0) is 15.9. The Kier molecular flexibility index (Phi) is 6.18. The van der Waals surface area contributed by atoms with Gasteiger partial charge in [0.05, 0.1) is 36.6 Å². The molecular formula is C15H19ClN2O4. The summed E-state index contributed by atoms with van der Waals surface area (Å²) in [6.45, 7) is 3.75. The van der Waals surface area contributed by atoms with Crippen LogP contribution in [0, 0.1) is 0 Å². The number of hydrogen-bond acceptors (Lipinski definition) is 5. The van der Waals surface area contributed by atoms with Gasteiger partial charge in [-0.2, -0.15) is 0 Å². The number of halogens is 1. The molecule has 1 aromatic rings. The first kappa shape index (κ1) is 16.7. The summed E-state index contributed by atoms with van der Waals surface area (Å²) in [4.78, 5) is 25.7. The molecule has 22 heavy (non-hydrogen) atoms. The van der Waals surface area contributed by atoms with Gasteiger partial charge in [-0.1, -0.05) is 11.6 Å². The predicted octanol–water partition coefficient (Wildman–Crippen LogP) is 1.79. The molecule has 0 unspecified atom stereocenters. The summed E-state index contributed by atoms with van der Waals surface area (Å²) < 4.78 is 9.91. The second-order valence-electron chi connectivity index (χ2n) is 4.94. The van der Waals surface area contributed by atoms with E-state index in [9.17, 15) is 9.59 Å². The molecule has 0 radical (unpaired) electrons. The summed E-state index contributed by atoms with van der Waals surface area (Å²) in [5.41, 5.74) is 0.756. The van der Waals surface area contributed by atoms with Gasteiger partial charge in [-0.05, 0) is 18.2 Å². The molecular weight excluding hydrogens is 308 g/mol. The number of nitrogens with one attached hydrogen (secondary N) is 1. The number of methoxy groups -OCH3 is 1. The van der Waals surface area contributed by atoms with Crippen molar-refractivity contribution in [2.45, 2.75) is 6.42 Å². The summed E-state index contributed by atoms with van der Waals surface area (Å²) in [6, 6.07) is 4.63. The molecule has 1 aromatic carbocycles. The summed E-state index contributed by atoms with van der Waals surface area (Å²) >= 11 is 6.04. The smallest absolute Gasteiger partial charge is 0.337 e. The van der Waals surface area contributed by atoms with Gasteiger partial charge in [0.25, 0.3) is 0 Å². The number of carbonyl (C=O) groups is 2. The quantitative estimate of drug-likeness (QED) is 0.835. The van der Waals surface area contributed by atoms with Gasteiger partial charge in [0, 0.05) is 26.1 Å². The van der Waals surface area contributed by atoms with Gasteiger partial charge in [0.15, 0.2) is 0 Å². The molecule has 1 saturated heterocycles. The molecule has 0 bridgehead atoms. The number of ether oxygens (including phenoxy) is 2. The lowest BCUT2D eigenvalue weighted by Crippen LogP contribution is -2.38. The fraction of sp³-hybridized carbons (Fsp3) is 0.467. The molecule has 0 spiro atoms. The highest BCUT2D eigenvalue weighted by molar-refractivity contribution is 6.33. The van der Waals surface area contributed by atoms with Crippen LogP contribution in [0.25, 0.3) is 0 Å². The molecule has 7 heteroatoms. The van der Waals surface area contributed by atoms with Crippen LogP contribution in [0.1, 0.15) is 16.8 Å². The third-order valence-corrected chi connectivity index (χ3v) is 3.75. The second kappa shape index (κ2) is 8.12. The Morgan fingerprint density at radius 2 is 2.09 bits per heavy atom. The monoisotopic (exact) mass is 326 g/mol. The molecule has 0 aliphatic carbocycles. The molecule has 2 rings (SSSR count). The summed E-state index contributed by atoms with van der Waals surface area (Å²) in [5.74, 6) is -0.615. The van der Waals surface area contributed by atoms with Crippen LogP contribution in [0.15, 0.2) is 18.2 Å². The van der Waals surface area contributed by atoms with Crippen molar-refractivity contribution < 1.29 is 19.1 Å². The number of morpholine rings is 1. The van der Waals surface area contributed by atoms with Crippen LogP contribution in [-0.2, 0) is 14.3 Å². The zero-order valence-corrected chi connectivity index (χ0v) is 13.2. The maximum Gasteiger partial charge on any atom is 0.337 e. The fourth-order valence-electron chi connectivity index (χ4n) is 2.16. The van der Waals surface area contributed by atoms with Crippen LogP contribution in [0.3, 0.4) is 0 Å². The molecule has 1 heterocycles. The molecule has 1 fully saturated rings. The van der Waals surface area contributed by atoms with Crippen LogP contribution < -0.4 is 5.32 Å². The minimum atomic E-state index is -0.472. The first-order valence-electron chi connectivity index (χ1n) is 7.08. The lowest BCUT2D eigenvalue weighted by atomic mass is 10.2. The van der Waals surface area contributed by atoms with E-state index in [0.29, 0.717) is 42.5 Å². The Balaban J connectivity index is 1.91. The third kappa shape index (κ3) is 4.69. The van der Waals surface area contributed by atoms with E-state index in [-0.39, 0.29) is 5.91 Å². The number of nitrogens with zero attached hydrogens (tertiary/aromatic N) is 1. The van der Waals surface area contributed by atoms with Crippen molar-refractivity contribution in [1.82, 2.24) is 4.90 Å². The van der Waals surface area contributed by atoms with Crippen LogP contribution >= 0.6 is 11.6 Å². The van der Waals surface area contributed by atoms with Crippen LogP contribution in [0.5, 0.6) is 0 Å². The molecule has 120 valence electrons. The minimum Gasteiger partial charge on any atom is -0.465 e. The normalized spacial score (nSPS) is 15.4. The first-order chi connectivity index (χ1) is 10.6. The lowest BCUT2D eigenvalue weighted by molar-refractivity contribution is -0.116. The SMILES string of the molecule is COC(=O)c1ccc(Cl)c(NC(=O)CCN2CCOCC2)c1. The van der Waals surface area contributed by atoms with E-state index in [1.165, 1.54) is 13.2 Å². The Bertz CT molecular complexity index is 544. The van der Waals surface area contributed by atoms with Crippen LogP contribution in [0.2, 0.25) is 5.02 Å². The van der Waals surface area contributed by atoms with E-state index >= 15 is 0 Å². The number of esters is 1. The Labute approximate surface area is 134 Å². The Morgan fingerprint density at radius 1 is 1.36 bits per heavy atom. The average molecular weight is 327 g/mol. The Hall–Kier alpha value is -1.63.